The molecule has 0 aliphatic carbocycles. The predicted molar refractivity (Wildman–Crippen MR) is 79.2 cm³/mol. The second kappa shape index (κ2) is 6.49. The van der Waals surface area contributed by atoms with Crippen molar-refractivity contribution in [3.63, 3.8) is 0 Å². The van der Waals surface area contributed by atoms with E-state index in [0.717, 1.165) is 0 Å². The van der Waals surface area contributed by atoms with E-state index in [-0.39, 0.29) is 24.0 Å². The van der Waals surface area contributed by atoms with Crippen molar-refractivity contribution in [3.8, 4) is 5.75 Å². The van der Waals surface area contributed by atoms with Gasteiger partial charge in [0.1, 0.15) is 0 Å². The number of carbonyl (C=O) groups is 1. The number of aromatic amines is 1. The Morgan fingerprint density at radius 1 is 1.57 bits per heavy atom. The van der Waals surface area contributed by atoms with Gasteiger partial charge in [0.25, 0.3) is 0 Å². The first-order chi connectivity index (χ1) is 9.99. The van der Waals surface area contributed by atoms with Gasteiger partial charge in [0, 0.05) is 31.2 Å². The molecule has 0 aliphatic rings. The highest BCUT2D eigenvalue weighted by molar-refractivity contribution is 7.99. The minimum atomic E-state index is -0.445. The molecule has 2 aromatic rings. The highest BCUT2D eigenvalue weighted by atomic mass is 32.2. The summed E-state index contributed by atoms with van der Waals surface area (Å²) in [6.07, 6.45) is 3.29. The van der Waals surface area contributed by atoms with Crippen LogP contribution in [0.5, 0.6) is 5.75 Å². The Hall–Kier alpha value is -2.22. The summed E-state index contributed by atoms with van der Waals surface area (Å²) in [4.78, 5) is 30.2. The summed E-state index contributed by atoms with van der Waals surface area (Å²) in [6.45, 7) is 1.86. The average Bonchev–Trinajstić information content (AvgIpc) is 2.96. The van der Waals surface area contributed by atoms with Crippen molar-refractivity contribution in [1.82, 2.24) is 19.9 Å². The molecule has 8 heteroatoms. The van der Waals surface area contributed by atoms with Crippen LogP contribution in [0, 0.1) is 6.92 Å². The topological polar surface area (TPSA) is 100 Å². The van der Waals surface area contributed by atoms with E-state index in [4.69, 9.17) is 0 Å². The zero-order chi connectivity index (χ0) is 15.4. The van der Waals surface area contributed by atoms with E-state index in [1.54, 1.807) is 30.9 Å². The quantitative estimate of drug-likeness (QED) is 0.700. The third-order valence-corrected chi connectivity index (χ3v) is 3.95. The summed E-state index contributed by atoms with van der Waals surface area (Å²) in [5.41, 5.74) is 0.656. The normalized spacial score (nSPS) is 10.6. The monoisotopic (exact) mass is 308 g/mol. The molecule has 0 atom stereocenters. The van der Waals surface area contributed by atoms with E-state index in [0.29, 0.717) is 16.5 Å². The van der Waals surface area contributed by atoms with Crippen LogP contribution in [0.15, 0.2) is 28.4 Å². The number of hydrogen-bond acceptors (Lipinski definition) is 5. The molecule has 1 amide bonds. The molecule has 0 bridgehead atoms. The van der Waals surface area contributed by atoms with Gasteiger partial charge in [-0.05, 0) is 6.92 Å². The Balaban J connectivity index is 1.97. The number of pyridine rings is 1. The Morgan fingerprint density at radius 3 is 3.00 bits per heavy atom. The van der Waals surface area contributed by atoms with Crippen molar-refractivity contribution in [2.24, 2.45) is 7.05 Å². The first-order valence-electron chi connectivity index (χ1n) is 6.26. The number of nitrogens with zero attached hydrogens (tertiary/aromatic N) is 2. The van der Waals surface area contributed by atoms with Crippen LogP contribution in [0.25, 0.3) is 0 Å². The van der Waals surface area contributed by atoms with E-state index < -0.39 is 5.43 Å². The van der Waals surface area contributed by atoms with Crippen molar-refractivity contribution >= 4 is 17.7 Å². The van der Waals surface area contributed by atoms with E-state index in [1.165, 1.54) is 17.8 Å². The van der Waals surface area contributed by atoms with Gasteiger partial charge in [-0.3, -0.25) is 9.59 Å². The minimum absolute atomic E-state index is 0.0940. The van der Waals surface area contributed by atoms with Crippen LogP contribution in [0.2, 0.25) is 0 Å². The molecule has 2 rings (SSSR count). The number of nitrogens with one attached hydrogen (secondary N) is 2. The summed E-state index contributed by atoms with van der Waals surface area (Å²) in [5.74, 6) is -0.333. The van der Waals surface area contributed by atoms with Crippen LogP contribution in [0.1, 0.15) is 11.4 Å². The van der Waals surface area contributed by atoms with Gasteiger partial charge in [-0.25, -0.2) is 4.98 Å². The molecule has 0 aliphatic heterocycles. The summed E-state index contributed by atoms with van der Waals surface area (Å²) < 4.78 is 1.68. The molecule has 7 nitrogen and oxygen atoms in total. The Bertz CT molecular complexity index is 694. The molecular weight excluding hydrogens is 292 g/mol. The fraction of sp³-hybridized carbons (Fsp3) is 0.308. The third-order valence-electron chi connectivity index (χ3n) is 3.05. The number of H-pyrrole nitrogens is 1. The Kier molecular flexibility index (Phi) is 4.69. The molecule has 0 saturated carbocycles. The molecular formula is C13H16N4O3S. The molecule has 0 fully saturated rings. The van der Waals surface area contributed by atoms with Crippen molar-refractivity contribution in [3.05, 3.63) is 40.1 Å². The van der Waals surface area contributed by atoms with Crippen molar-refractivity contribution in [1.29, 1.82) is 0 Å². The SMILES string of the molecule is Cc1cc(=O)c(O)c(CNC(=O)CSc2ncc[nH]2)n1C. The van der Waals surface area contributed by atoms with Gasteiger partial charge in [0.15, 0.2) is 10.9 Å². The van der Waals surface area contributed by atoms with Crippen molar-refractivity contribution in [2.75, 3.05) is 5.75 Å². The summed E-state index contributed by atoms with van der Waals surface area (Å²) in [5, 5.41) is 13.1. The van der Waals surface area contributed by atoms with Crippen LogP contribution >= 0.6 is 11.8 Å². The molecule has 2 heterocycles. The zero-order valence-corrected chi connectivity index (χ0v) is 12.5. The van der Waals surface area contributed by atoms with E-state index in [1.807, 2.05) is 0 Å². The smallest absolute Gasteiger partial charge is 0.230 e. The fourth-order valence-electron chi connectivity index (χ4n) is 1.77. The van der Waals surface area contributed by atoms with Crippen LogP contribution in [0.3, 0.4) is 0 Å². The van der Waals surface area contributed by atoms with Crippen LogP contribution < -0.4 is 10.7 Å². The van der Waals surface area contributed by atoms with Crippen molar-refractivity contribution in [2.45, 2.75) is 18.6 Å². The summed E-state index contributed by atoms with van der Waals surface area (Å²) in [7, 11) is 1.73. The van der Waals surface area contributed by atoms with E-state index in [2.05, 4.69) is 15.3 Å². The lowest BCUT2D eigenvalue weighted by atomic mass is 10.2. The minimum Gasteiger partial charge on any atom is -0.503 e. The highest BCUT2D eigenvalue weighted by Crippen LogP contribution is 2.13. The van der Waals surface area contributed by atoms with Crippen LogP contribution in [0.4, 0.5) is 0 Å². The maximum Gasteiger partial charge on any atom is 0.230 e. The van der Waals surface area contributed by atoms with Gasteiger partial charge in [-0.1, -0.05) is 11.8 Å². The molecule has 3 N–H and O–H groups in total. The maximum atomic E-state index is 11.8. The molecule has 112 valence electrons. The standard InChI is InChI=1S/C13H16N4O3S/c1-8-5-10(18)12(20)9(17(8)2)6-16-11(19)7-21-13-14-3-4-15-13/h3-5,20H,6-7H2,1-2H3,(H,14,15)(H,16,19). The first-order valence-corrected chi connectivity index (χ1v) is 7.25. The molecule has 0 aromatic carbocycles. The molecule has 2 aromatic heterocycles. The molecule has 0 unspecified atom stereocenters. The van der Waals surface area contributed by atoms with Crippen molar-refractivity contribution < 1.29 is 9.90 Å². The lowest BCUT2D eigenvalue weighted by molar-refractivity contribution is -0.118. The summed E-state index contributed by atoms with van der Waals surface area (Å²) in [6, 6.07) is 1.35. The molecule has 21 heavy (non-hydrogen) atoms. The largest absolute Gasteiger partial charge is 0.503 e. The number of aryl methyl sites for hydroxylation is 1. The number of amides is 1. The molecule has 0 spiro atoms. The fourth-order valence-corrected chi connectivity index (χ4v) is 2.42. The van der Waals surface area contributed by atoms with Gasteiger partial charge in [0.05, 0.1) is 18.0 Å². The molecule has 0 saturated heterocycles. The van der Waals surface area contributed by atoms with Gasteiger partial charge >= 0.3 is 0 Å². The number of carbonyl (C=O) groups excluding carboxylic acids is 1. The number of aromatic hydroxyl groups is 1. The van der Waals surface area contributed by atoms with E-state index >= 15 is 0 Å². The van der Waals surface area contributed by atoms with Gasteiger partial charge in [-0.2, -0.15) is 0 Å². The predicted octanol–water partition coefficient (Wildman–Crippen LogP) is 0.531. The van der Waals surface area contributed by atoms with Gasteiger partial charge in [-0.15, -0.1) is 0 Å². The zero-order valence-electron chi connectivity index (χ0n) is 11.7. The number of hydrogen-bond donors (Lipinski definition) is 3. The number of aromatic nitrogens is 3. The number of thioether (sulfide) groups is 1. The van der Waals surface area contributed by atoms with Gasteiger partial charge in [0.2, 0.25) is 11.3 Å². The second-order valence-corrected chi connectivity index (χ2v) is 5.43. The third kappa shape index (κ3) is 3.66. The second-order valence-electron chi connectivity index (χ2n) is 4.46. The average molecular weight is 308 g/mol. The van der Waals surface area contributed by atoms with Crippen LogP contribution in [-0.4, -0.2) is 31.3 Å². The summed E-state index contributed by atoms with van der Waals surface area (Å²) >= 11 is 1.28. The Labute approximate surface area is 125 Å². The van der Waals surface area contributed by atoms with Gasteiger partial charge < -0.3 is 20.0 Å². The highest BCUT2D eigenvalue weighted by Gasteiger charge is 2.12. The lowest BCUT2D eigenvalue weighted by Gasteiger charge is -2.14. The van der Waals surface area contributed by atoms with E-state index in [9.17, 15) is 14.7 Å². The number of imidazole rings is 1. The molecule has 0 radical (unpaired) electrons. The lowest BCUT2D eigenvalue weighted by Crippen LogP contribution is -2.27. The number of rotatable bonds is 5. The van der Waals surface area contributed by atoms with Crippen LogP contribution in [-0.2, 0) is 18.4 Å². The first kappa shape index (κ1) is 15.2. The maximum absolute atomic E-state index is 11.8. The Morgan fingerprint density at radius 2 is 2.33 bits per heavy atom.